The molecule has 0 saturated heterocycles. The Kier molecular flexibility index (Phi) is 2.12. The zero-order chi connectivity index (χ0) is 7.56. The average Bonchev–Trinajstić information content (AvgIpc) is 2.33. The summed E-state index contributed by atoms with van der Waals surface area (Å²) in [6.45, 7) is 5.16. The minimum absolute atomic E-state index is 0.719. The van der Waals surface area contributed by atoms with Crippen LogP contribution in [0.4, 0.5) is 0 Å². The molecule has 1 rings (SSSR count). The second kappa shape index (κ2) is 2.88. The Hall–Kier alpha value is -0.760. The van der Waals surface area contributed by atoms with Crippen molar-refractivity contribution in [3.63, 3.8) is 0 Å². The summed E-state index contributed by atoms with van der Waals surface area (Å²) in [4.78, 5) is 2.07. The predicted octanol–water partition coefficient (Wildman–Crippen LogP) is 1.02. The summed E-state index contributed by atoms with van der Waals surface area (Å²) >= 11 is 0. The molecule has 0 saturated carbocycles. The normalized spacial score (nSPS) is 17.8. The highest BCUT2D eigenvalue weighted by molar-refractivity contribution is 5.26. The second-order valence-electron chi connectivity index (χ2n) is 2.56. The number of nitrogens with zero attached hydrogens (tertiary/aromatic N) is 1. The molecule has 1 aliphatic heterocycles. The summed E-state index contributed by atoms with van der Waals surface area (Å²) in [5, 5.41) is 0. The van der Waals surface area contributed by atoms with Gasteiger partial charge in [-0.05, 0) is 5.57 Å². The molecule has 0 amide bonds. The first kappa shape index (κ1) is 7.35. The fraction of sp³-hybridized carbons (Fsp3) is 0.500. The average molecular weight is 139 g/mol. The van der Waals surface area contributed by atoms with Gasteiger partial charge in [0.15, 0.2) is 0 Å². The Morgan fingerprint density at radius 1 is 1.50 bits per heavy atom. The molecule has 0 N–H and O–H groups in total. The van der Waals surface area contributed by atoms with Crippen molar-refractivity contribution in [3.8, 4) is 0 Å². The Morgan fingerprint density at radius 2 is 2.20 bits per heavy atom. The van der Waals surface area contributed by atoms with Crippen molar-refractivity contribution in [2.75, 3.05) is 27.3 Å². The summed E-state index contributed by atoms with van der Waals surface area (Å²) in [6.07, 6.45) is 1.86. The fourth-order valence-electron chi connectivity index (χ4n) is 1.03. The van der Waals surface area contributed by atoms with E-state index in [1.165, 1.54) is 11.3 Å². The van der Waals surface area contributed by atoms with Crippen LogP contribution in [0, 0.1) is 0 Å². The topological polar surface area (TPSA) is 12.5 Å². The lowest BCUT2D eigenvalue weighted by Gasteiger charge is -2.13. The third-order valence-electron chi connectivity index (χ3n) is 1.65. The number of likely N-dealkylation sites (N-methyl/N-ethyl adjacent to an activating group) is 1. The van der Waals surface area contributed by atoms with E-state index in [1.807, 2.05) is 20.2 Å². The molecule has 0 aromatic rings. The van der Waals surface area contributed by atoms with E-state index in [-0.39, 0.29) is 0 Å². The van der Waals surface area contributed by atoms with E-state index in [0.29, 0.717) is 0 Å². The van der Waals surface area contributed by atoms with Crippen LogP contribution in [0.3, 0.4) is 0 Å². The fourth-order valence-corrected chi connectivity index (χ4v) is 1.03. The third kappa shape index (κ3) is 1.21. The summed E-state index contributed by atoms with van der Waals surface area (Å²) < 4.78 is 5.23. The van der Waals surface area contributed by atoms with Crippen molar-refractivity contribution >= 4 is 0 Å². The molecule has 1 aliphatic rings. The number of ether oxygens (including phenoxy) is 1. The van der Waals surface area contributed by atoms with Gasteiger partial charge in [0.25, 0.3) is 0 Å². The molecule has 0 spiro atoms. The van der Waals surface area contributed by atoms with Crippen LogP contribution in [0.15, 0.2) is 23.9 Å². The molecular weight excluding hydrogens is 126 g/mol. The summed E-state index contributed by atoms with van der Waals surface area (Å²) in [6, 6.07) is 0. The van der Waals surface area contributed by atoms with Gasteiger partial charge in [0.05, 0.1) is 13.2 Å². The summed E-state index contributed by atoms with van der Waals surface area (Å²) in [5.74, 6) is 0. The third-order valence-corrected chi connectivity index (χ3v) is 1.65. The van der Waals surface area contributed by atoms with E-state index in [9.17, 15) is 0 Å². The Labute approximate surface area is 61.8 Å². The van der Waals surface area contributed by atoms with Gasteiger partial charge in [-0.25, -0.2) is 0 Å². The first-order valence-corrected chi connectivity index (χ1v) is 3.35. The van der Waals surface area contributed by atoms with Gasteiger partial charge in [-0.15, -0.1) is 0 Å². The van der Waals surface area contributed by atoms with Crippen LogP contribution >= 0.6 is 0 Å². The monoisotopic (exact) mass is 139 g/mol. The van der Waals surface area contributed by atoms with E-state index >= 15 is 0 Å². The van der Waals surface area contributed by atoms with Crippen molar-refractivity contribution in [1.29, 1.82) is 0 Å². The van der Waals surface area contributed by atoms with Gasteiger partial charge in [0.1, 0.15) is 0 Å². The van der Waals surface area contributed by atoms with Crippen LogP contribution in [0.25, 0.3) is 0 Å². The van der Waals surface area contributed by atoms with Gasteiger partial charge in [0, 0.05) is 19.8 Å². The van der Waals surface area contributed by atoms with Gasteiger partial charge < -0.3 is 9.64 Å². The smallest absolute Gasteiger partial charge is 0.0872 e. The van der Waals surface area contributed by atoms with Crippen LogP contribution in [-0.2, 0) is 4.74 Å². The molecule has 0 radical (unpaired) electrons. The molecule has 10 heavy (non-hydrogen) atoms. The SMILES string of the molecule is C=CC1=C(N(C)C)COC1. The van der Waals surface area contributed by atoms with Crippen LogP contribution in [0.5, 0.6) is 0 Å². The van der Waals surface area contributed by atoms with E-state index < -0.39 is 0 Å². The number of hydrogen-bond donors (Lipinski definition) is 0. The van der Waals surface area contributed by atoms with Gasteiger partial charge in [-0.1, -0.05) is 12.7 Å². The quantitative estimate of drug-likeness (QED) is 0.566. The van der Waals surface area contributed by atoms with Gasteiger partial charge in [0.2, 0.25) is 0 Å². The standard InChI is InChI=1S/C8H13NO/c1-4-7-5-10-6-8(7)9(2)3/h4H,1,5-6H2,2-3H3. The second-order valence-corrected chi connectivity index (χ2v) is 2.56. The first-order valence-electron chi connectivity index (χ1n) is 3.35. The highest BCUT2D eigenvalue weighted by Crippen LogP contribution is 2.15. The Bertz CT molecular complexity index is 170. The molecule has 2 heteroatoms. The van der Waals surface area contributed by atoms with Gasteiger partial charge in [-0.2, -0.15) is 0 Å². The molecule has 0 aromatic carbocycles. The van der Waals surface area contributed by atoms with Crippen LogP contribution in [-0.4, -0.2) is 32.2 Å². The molecule has 0 unspecified atom stereocenters. The molecule has 0 bridgehead atoms. The van der Waals surface area contributed by atoms with E-state index in [2.05, 4.69) is 11.5 Å². The molecule has 0 fully saturated rings. The lowest BCUT2D eigenvalue weighted by atomic mass is 10.2. The van der Waals surface area contributed by atoms with Gasteiger partial charge in [-0.3, -0.25) is 0 Å². The highest BCUT2D eigenvalue weighted by atomic mass is 16.5. The largest absolute Gasteiger partial charge is 0.379 e. The maximum absolute atomic E-state index is 5.23. The van der Waals surface area contributed by atoms with Crippen LogP contribution < -0.4 is 0 Å². The minimum atomic E-state index is 0.719. The van der Waals surface area contributed by atoms with Crippen molar-refractivity contribution in [2.45, 2.75) is 0 Å². The molecule has 2 nitrogen and oxygen atoms in total. The van der Waals surface area contributed by atoms with Crippen molar-refractivity contribution in [2.24, 2.45) is 0 Å². The maximum Gasteiger partial charge on any atom is 0.0872 e. The van der Waals surface area contributed by atoms with Gasteiger partial charge >= 0.3 is 0 Å². The van der Waals surface area contributed by atoms with E-state index in [1.54, 1.807) is 0 Å². The Morgan fingerprint density at radius 3 is 2.60 bits per heavy atom. The predicted molar refractivity (Wildman–Crippen MR) is 41.7 cm³/mol. The maximum atomic E-state index is 5.23. The van der Waals surface area contributed by atoms with E-state index in [0.717, 1.165) is 13.2 Å². The van der Waals surface area contributed by atoms with Crippen molar-refractivity contribution in [1.82, 2.24) is 4.90 Å². The molecule has 56 valence electrons. The lowest BCUT2D eigenvalue weighted by Crippen LogP contribution is -2.13. The molecule has 0 atom stereocenters. The molecule has 0 aromatic heterocycles. The lowest BCUT2D eigenvalue weighted by molar-refractivity contribution is 0.194. The number of hydrogen-bond acceptors (Lipinski definition) is 2. The van der Waals surface area contributed by atoms with Crippen molar-refractivity contribution < 1.29 is 4.74 Å². The van der Waals surface area contributed by atoms with Crippen LogP contribution in [0.1, 0.15) is 0 Å². The first-order chi connectivity index (χ1) is 4.75. The molecular formula is C8H13NO. The number of rotatable bonds is 2. The zero-order valence-corrected chi connectivity index (χ0v) is 6.55. The Balaban J connectivity index is 2.77. The minimum Gasteiger partial charge on any atom is -0.379 e. The van der Waals surface area contributed by atoms with E-state index in [4.69, 9.17) is 4.74 Å². The molecule has 0 aliphatic carbocycles. The zero-order valence-electron chi connectivity index (χ0n) is 6.55. The van der Waals surface area contributed by atoms with Crippen LogP contribution in [0.2, 0.25) is 0 Å². The molecule has 1 heterocycles. The summed E-state index contributed by atoms with van der Waals surface area (Å²) in [7, 11) is 4.04. The summed E-state index contributed by atoms with van der Waals surface area (Å²) in [5.41, 5.74) is 2.46. The van der Waals surface area contributed by atoms with Crippen molar-refractivity contribution in [3.05, 3.63) is 23.9 Å². The highest BCUT2D eigenvalue weighted by Gasteiger charge is 2.13.